The Kier molecular flexibility index (Phi) is 7.70. The smallest absolute Gasteiger partial charge is 0.167 e. The zero-order chi connectivity index (χ0) is 37.4. The molecule has 0 spiro atoms. The van der Waals surface area contributed by atoms with Crippen LogP contribution in [0.15, 0.2) is 144 Å². The van der Waals surface area contributed by atoms with Crippen LogP contribution >= 0.6 is 0 Å². The van der Waals surface area contributed by atoms with Gasteiger partial charge in [0.2, 0.25) is 0 Å². The van der Waals surface area contributed by atoms with Gasteiger partial charge in [-0.3, -0.25) is 0 Å². The van der Waals surface area contributed by atoms with Crippen molar-refractivity contribution in [3.63, 3.8) is 0 Å². The van der Waals surface area contributed by atoms with Crippen molar-refractivity contribution in [1.29, 1.82) is 0 Å². The summed E-state index contributed by atoms with van der Waals surface area (Å²) in [6, 6.07) is 48.4. The summed E-state index contributed by atoms with van der Waals surface area (Å²) in [4.78, 5) is 14.9. The molecule has 0 atom stereocenters. The minimum absolute atomic E-state index is 0.569. The summed E-state index contributed by atoms with van der Waals surface area (Å²) in [5, 5.41) is 4.55. The molecule has 0 unspecified atom stereocenters. The zero-order valence-corrected chi connectivity index (χ0v) is 31.5. The predicted molar refractivity (Wildman–Crippen MR) is 244 cm³/mol. The van der Waals surface area contributed by atoms with E-state index in [1.165, 1.54) is 60.2 Å². The number of hydrogen-bond acceptors (Lipinski definition) is 4. The maximum Gasteiger partial charge on any atom is 0.167 e. The molecule has 3 aromatic heterocycles. The quantitative estimate of drug-likeness (QED) is 0.260. The largest absolute Gasteiger partial charge is 0.455 e. The Morgan fingerprint density at radius 2 is 0.982 bits per heavy atom. The Morgan fingerprint density at radius 1 is 0.436 bits per heavy atom. The molecule has 254 valence electrons. The fourth-order valence-electron chi connectivity index (χ4n) is 8.44. The van der Waals surface area contributed by atoms with Crippen molar-refractivity contribution < 1.29 is 4.42 Å². The number of furan rings is 1. The molecule has 0 fully saturated rings. The molecule has 10 heteroatoms. The molecule has 0 saturated carbocycles. The van der Waals surface area contributed by atoms with Gasteiger partial charge in [0.15, 0.2) is 17.5 Å². The van der Waals surface area contributed by atoms with Gasteiger partial charge in [0.1, 0.15) is 50.4 Å². The number of nitrogens with zero attached hydrogens (tertiary/aromatic N) is 4. The zero-order valence-electron chi connectivity index (χ0n) is 31.5. The van der Waals surface area contributed by atoms with Gasteiger partial charge in [-0.2, -0.15) is 0 Å². The average molecular weight is 700 g/mol. The highest BCUT2D eigenvalue weighted by molar-refractivity contribution is 6.69. The first-order chi connectivity index (χ1) is 26.9. The van der Waals surface area contributed by atoms with Gasteiger partial charge in [-0.15, -0.1) is 16.4 Å². The fourth-order valence-corrected chi connectivity index (χ4v) is 8.44. The number of fused-ring (bicyclic) bond motifs is 6. The van der Waals surface area contributed by atoms with E-state index in [4.69, 9.17) is 19.4 Å². The van der Waals surface area contributed by atoms with Gasteiger partial charge < -0.3 is 8.98 Å². The molecule has 0 saturated heterocycles. The van der Waals surface area contributed by atoms with E-state index >= 15 is 0 Å². The van der Waals surface area contributed by atoms with Gasteiger partial charge in [0.05, 0.1) is 16.6 Å². The van der Waals surface area contributed by atoms with Gasteiger partial charge in [-0.05, 0) is 47.5 Å². The van der Waals surface area contributed by atoms with Crippen molar-refractivity contribution in [1.82, 2.24) is 19.5 Å². The molecule has 10 rings (SSSR count). The highest BCUT2D eigenvalue weighted by Crippen LogP contribution is 2.40. The van der Waals surface area contributed by atoms with Gasteiger partial charge in [-0.25, -0.2) is 15.0 Å². The van der Waals surface area contributed by atoms with Crippen LogP contribution in [0.25, 0.3) is 94.7 Å². The molecule has 7 aromatic carbocycles. The molecule has 10 aromatic rings. The van der Waals surface area contributed by atoms with E-state index in [2.05, 4.69) is 117 Å². The summed E-state index contributed by atoms with van der Waals surface area (Å²) in [6.45, 7) is 0. The van der Waals surface area contributed by atoms with E-state index in [0.717, 1.165) is 44.3 Å². The molecular formula is C45H33B5N4O. The Bertz CT molecular complexity index is 3070. The van der Waals surface area contributed by atoms with Crippen LogP contribution in [0.1, 0.15) is 0 Å². The minimum Gasteiger partial charge on any atom is -0.455 e. The second-order valence-electron chi connectivity index (χ2n) is 14.6. The first kappa shape index (κ1) is 33.1. The lowest BCUT2D eigenvalue weighted by Gasteiger charge is -2.21. The van der Waals surface area contributed by atoms with Crippen molar-refractivity contribution >= 4 is 110 Å². The van der Waals surface area contributed by atoms with Gasteiger partial charge in [0.25, 0.3) is 0 Å². The molecule has 0 amide bonds. The summed E-state index contributed by atoms with van der Waals surface area (Å²) in [7, 11) is 11.3. The standard InChI is InChI=1S/C45H33B5N4O/c46-37-36(38(47)40(49)41(50)39(37)48)29-17-10-20-33-35(29)28-15-7-8-19-32(28)54(33)26-21-22-34-31(23-26)27-16-9-18-30(42(27)55-34)45-52-43(24-11-3-1-4-12-24)51-44(53-45)25-13-5-2-6-14-25/h1-23H,46-50H2. The molecule has 3 heterocycles. The molecule has 5 nitrogen and oxygen atoms in total. The normalized spacial score (nSPS) is 11.6. The maximum atomic E-state index is 6.70. The molecule has 55 heavy (non-hydrogen) atoms. The maximum absolute atomic E-state index is 6.70. The summed E-state index contributed by atoms with van der Waals surface area (Å²) in [5.41, 5.74) is 17.1. The second-order valence-corrected chi connectivity index (χ2v) is 14.6. The van der Waals surface area contributed by atoms with E-state index < -0.39 is 0 Å². The van der Waals surface area contributed by atoms with Crippen molar-refractivity contribution in [3.05, 3.63) is 140 Å². The van der Waals surface area contributed by atoms with E-state index in [9.17, 15) is 0 Å². The van der Waals surface area contributed by atoms with Crippen LogP contribution in [0.5, 0.6) is 0 Å². The third kappa shape index (κ3) is 5.19. The number of benzene rings is 7. The van der Waals surface area contributed by atoms with E-state index in [-0.39, 0.29) is 0 Å². The van der Waals surface area contributed by atoms with E-state index in [0.29, 0.717) is 17.5 Å². The van der Waals surface area contributed by atoms with Crippen LogP contribution in [-0.4, -0.2) is 58.8 Å². The van der Waals surface area contributed by atoms with Crippen LogP contribution < -0.4 is 27.3 Å². The highest BCUT2D eigenvalue weighted by Gasteiger charge is 2.22. The van der Waals surface area contributed by atoms with E-state index in [1.54, 1.807) is 0 Å². The summed E-state index contributed by atoms with van der Waals surface area (Å²) < 4.78 is 9.10. The summed E-state index contributed by atoms with van der Waals surface area (Å²) in [5.74, 6) is 1.80. The van der Waals surface area contributed by atoms with Crippen molar-refractivity contribution in [2.24, 2.45) is 0 Å². The topological polar surface area (TPSA) is 56.7 Å². The number of para-hydroxylation sites is 2. The molecule has 0 radical (unpaired) electrons. The average Bonchev–Trinajstić information content (AvgIpc) is 3.78. The second kappa shape index (κ2) is 12.8. The van der Waals surface area contributed by atoms with E-state index in [1.807, 2.05) is 66.7 Å². The Labute approximate surface area is 323 Å². The van der Waals surface area contributed by atoms with Crippen molar-refractivity contribution in [2.75, 3.05) is 0 Å². The number of hydrogen-bond donors (Lipinski definition) is 0. The van der Waals surface area contributed by atoms with Crippen LogP contribution in [0, 0.1) is 0 Å². The molecule has 0 aliphatic carbocycles. The molecule has 0 N–H and O–H groups in total. The number of aromatic nitrogens is 4. The molecule has 0 aliphatic rings. The van der Waals surface area contributed by atoms with Gasteiger partial charge in [0, 0.05) is 38.4 Å². The monoisotopic (exact) mass is 700 g/mol. The van der Waals surface area contributed by atoms with Crippen LogP contribution in [-0.2, 0) is 0 Å². The lowest BCUT2D eigenvalue weighted by Crippen LogP contribution is -2.55. The molecule has 0 bridgehead atoms. The van der Waals surface area contributed by atoms with Crippen LogP contribution in [0.3, 0.4) is 0 Å². The van der Waals surface area contributed by atoms with Crippen LogP contribution in [0.2, 0.25) is 0 Å². The third-order valence-corrected chi connectivity index (χ3v) is 11.6. The molecule has 0 aliphatic heterocycles. The fraction of sp³-hybridized carbons (Fsp3) is 0. The first-order valence-corrected chi connectivity index (χ1v) is 18.8. The third-order valence-electron chi connectivity index (χ3n) is 11.6. The minimum atomic E-state index is 0.569. The summed E-state index contributed by atoms with van der Waals surface area (Å²) >= 11 is 0. The van der Waals surface area contributed by atoms with Gasteiger partial charge in [-0.1, -0.05) is 114 Å². The summed E-state index contributed by atoms with van der Waals surface area (Å²) in [6.07, 6.45) is 0. The highest BCUT2D eigenvalue weighted by atomic mass is 16.3. The first-order valence-electron chi connectivity index (χ1n) is 18.8. The lowest BCUT2D eigenvalue weighted by molar-refractivity contribution is 0.669. The lowest BCUT2D eigenvalue weighted by atomic mass is 9.59. The number of rotatable bonds is 5. The van der Waals surface area contributed by atoms with Crippen molar-refractivity contribution in [3.8, 4) is 51.0 Å². The predicted octanol–water partition coefficient (Wildman–Crippen LogP) is 2.83. The Morgan fingerprint density at radius 3 is 1.67 bits per heavy atom. The van der Waals surface area contributed by atoms with Crippen molar-refractivity contribution in [2.45, 2.75) is 0 Å². The Hall–Kier alpha value is -6.53. The van der Waals surface area contributed by atoms with Gasteiger partial charge >= 0.3 is 0 Å². The Balaban J connectivity index is 1.18. The molecular weight excluding hydrogens is 667 g/mol. The van der Waals surface area contributed by atoms with Crippen LogP contribution in [0.4, 0.5) is 0 Å². The SMILES string of the molecule is Bc1c(B)c(B)c(-c2cccc3c2c2ccccc2n3-c2ccc3oc4c(-c5nc(-c6ccccc6)nc(-c6ccccc6)n5)cccc4c3c2)c(B)c1B.